The van der Waals surface area contributed by atoms with Gasteiger partial charge in [0.25, 0.3) is 0 Å². The van der Waals surface area contributed by atoms with E-state index in [0.29, 0.717) is 22.4 Å². The topological polar surface area (TPSA) is 125 Å². The molecule has 0 saturated carbocycles. The van der Waals surface area contributed by atoms with Crippen LogP contribution in [0.2, 0.25) is 5.02 Å². The minimum Gasteiger partial charge on any atom is -0.458 e. The molecule has 0 fully saturated rings. The molecule has 0 unspecified atom stereocenters. The molecular formula is C18H23ClN6O4S. The van der Waals surface area contributed by atoms with Crippen LogP contribution in [-0.2, 0) is 14.8 Å². The Morgan fingerprint density at radius 2 is 1.83 bits per heavy atom. The summed E-state index contributed by atoms with van der Waals surface area (Å²) in [5.41, 5.74) is 0. The average Bonchev–Trinajstić information content (AvgIpc) is 3.29. The first-order valence-electron chi connectivity index (χ1n) is 9.17. The van der Waals surface area contributed by atoms with E-state index in [4.69, 9.17) is 20.8 Å². The Morgan fingerprint density at radius 3 is 2.37 bits per heavy atom. The number of aryl methyl sites for hydroxylation is 1. The lowest BCUT2D eigenvalue weighted by atomic mass is 10.2. The summed E-state index contributed by atoms with van der Waals surface area (Å²) >= 11 is 5.82. The Balaban J connectivity index is 1.92. The van der Waals surface area contributed by atoms with Gasteiger partial charge in [-0.3, -0.25) is 9.29 Å². The molecule has 0 radical (unpaired) electrons. The third-order valence-electron chi connectivity index (χ3n) is 4.47. The lowest BCUT2D eigenvalue weighted by Crippen LogP contribution is -2.33. The highest BCUT2D eigenvalue weighted by molar-refractivity contribution is 7.93. The number of rotatable bonds is 8. The third kappa shape index (κ3) is 4.47. The van der Waals surface area contributed by atoms with Crippen molar-refractivity contribution in [3.63, 3.8) is 0 Å². The lowest BCUT2D eigenvalue weighted by Gasteiger charge is -2.22. The number of furan rings is 1. The molecule has 2 atom stereocenters. The van der Waals surface area contributed by atoms with Crippen LogP contribution in [0.4, 0.5) is 5.95 Å². The van der Waals surface area contributed by atoms with Gasteiger partial charge in [-0.1, -0.05) is 11.6 Å². The quantitative estimate of drug-likeness (QED) is 0.549. The monoisotopic (exact) mass is 454 g/mol. The first-order valence-corrected chi connectivity index (χ1v) is 11.1. The Morgan fingerprint density at radius 1 is 1.17 bits per heavy atom. The maximum atomic E-state index is 13.1. The summed E-state index contributed by atoms with van der Waals surface area (Å²) in [5, 5.41) is 7.46. The fourth-order valence-electron chi connectivity index (χ4n) is 2.93. The van der Waals surface area contributed by atoms with Gasteiger partial charge in [0.2, 0.25) is 21.8 Å². The van der Waals surface area contributed by atoms with Crippen LogP contribution in [0, 0.1) is 6.92 Å². The molecule has 0 aliphatic heterocycles. The highest BCUT2D eigenvalue weighted by atomic mass is 35.5. The van der Waals surface area contributed by atoms with Crippen LogP contribution in [0.3, 0.4) is 0 Å². The largest absolute Gasteiger partial charge is 0.458 e. The number of sulfonamides is 1. The normalized spacial score (nSPS) is 14.1. The van der Waals surface area contributed by atoms with Crippen molar-refractivity contribution in [2.75, 3.05) is 11.8 Å². The average molecular weight is 455 g/mol. The Labute approximate surface area is 179 Å². The molecule has 0 spiro atoms. The molecule has 0 saturated heterocycles. The van der Waals surface area contributed by atoms with E-state index in [0.717, 1.165) is 0 Å². The zero-order valence-corrected chi connectivity index (χ0v) is 18.8. The van der Waals surface area contributed by atoms with Crippen molar-refractivity contribution in [2.24, 2.45) is 0 Å². The summed E-state index contributed by atoms with van der Waals surface area (Å²) in [6, 6.07) is 3.43. The molecule has 1 N–H and O–H groups in total. The molecule has 0 aromatic carbocycles. The summed E-state index contributed by atoms with van der Waals surface area (Å²) in [6.45, 7) is 7.10. The molecule has 3 rings (SSSR count). The second-order valence-electron chi connectivity index (χ2n) is 6.99. The van der Waals surface area contributed by atoms with Crippen LogP contribution in [0.1, 0.15) is 44.5 Å². The van der Waals surface area contributed by atoms with E-state index in [9.17, 15) is 8.42 Å². The number of hydrogen-bond donors (Lipinski definition) is 1. The van der Waals surface area contributed by atoms with Gasteiger partial charge in [0.1, 0.15) is 17.1 Å². The van der Waals surface area contributed by atoms with E-state index >= 15 is 0 Å². The smallest absolute Gasteiger partial charge is 0.240 e. The number of nitrogens with zero attached hydrogens (tertiary/aromatic N) is 5. The van der Waals surface area contributed by atoms with Gasteiger partial charge in [-0.2, -0.15) is 0 Å². The molecule has 0 amide bonds. The number of aromatic nitrogens is 5. The van der Waals surface area contributed by atoms with Gasteiger partial charge < -0.3 is 9.15 Å². The van der Waals surface area contributed by atoms with Crippen LogP contribution in [-0.4, -0.2) is 45.5 Å². The van der Waals surface area contributed by atoms with Crippen molar-refractivity contribution in [1.29, 1.82) is 0 Å². The van der Waals surface area contributed by atoms with Gasteiger partial charge >= 0.3 is 0 Å². The predicted octanol–water partition coefficient (Wildman–Crippen LogP) is 3.39. The molecule has 0 aliphatic carbocycles. The van der Waals surface area contributed by atoms with E-state index in [-0.39, 0.29) is 17.8 Å². The summed E-state index contributed by atoms with van der Waals surface area (Å²) in [6.07, 6.45) is 1.85. The van der Waals surface area contributed by atoms with Crippen molar-refractivity contribution in [1.82, 2.24) is 24.7 Å². The fourth-order valence-corrected chi connectivity index (χ4v) is 4.17. The summed E-state index contributed by atoms with van der Waals surface area (Å²) in [5.74, 6) is 1.92. The lowest BCUT2D eigenvalue weighted by molar-refractivity contribution is 0.0950. The van der Waals surface area contributed by atoms with Crippen LogP contribution in [0.5, 0.6) is 0 Å². The van der Waals surface area contributed by atoms with Crippen molar-refractivity contribution in [3.8, 4) is 11.6 Å². The molecule has 0 bridgehead atoms. The SMILES string of the molecule is CO[C@H](c1ncc(Cl)cn1)[C@H](C)S(=O)(=O)Nc1nnc(-c2ccc(C)o2)n1C(C)C. The molecule has 12 heteroatoms. The molecule has 162 valence electrons. The van der Waals surface area contributed by atoms with Crippen LogP contribution in [0.25, 0.3) is 11.6 Å². The van der Waals surface area contributed by atoms with Crippen LogP contribution >= 0.6 is 11.6 Å². The van der Waals surface area contributed by atoms with Gasteiger partial charge in [-0.05, 0) is 39.8 Å². The van der Waals surface area contributed by atoms with Crippen molar-refractivity contribution in [2.45, 2.75) is 45.1 Å². The number of halogens is 1. The maximum absolute atomic E-state index is 13.1. The standard InChI is InChI=1S/C18H23ClN6O4S/c1-10(2)25-17(14-7-6-11(3)29-14)22-23-18(25)24-30(26,27)12(4)15(28-5)16-20-8-13(19)9-21-16/h6-10,12,15H,1-5H3,(H,23,24)/t12-,15-/m0/s1. The zero-order valence-electron chi connectivity index (χ0n) is 17.2. The Bertz CT molecular complexity index is 1110. The Kier molecular flexibility index (Phi) is 6.44. The number of ether oxygens (including phenoxy) is 1. The van der Waals surface area contributed by atoms with Crippen molar-refractivity contribution in [3.05, 3.63) is 41.1 Å². The van der Waals surface area contributed by atoms with E-state index < -0.39 is 21.4 Å². The van der Waals surface area contributed by atoms with Crippen molar-refractivity contribution < 1.29 is 17.6 Å². The second kappa shape index (κ2) is 8.70. The van der Waals surface area contributed by atoms with Gasteiger partial charge in [0.15, 0.2) is 11.6 Å². The second-order valence-corrected chi connectivity index (χ2v) is 9.46. The van der Waals surface area contributed by atoms with Gasteiger partial charge in [-0.15, -0.1) is 10.2 Å². The predicted molar refractivity (Wildman–Crippen MR) is 112 cm³/mol. The van der Waals surface area contributed by atoms with Crippen LogP contribution in [0.15, 0.2) is 28.9 Å². The minimum absolute atomic E-state index is 0.0766. The maximum Gasteiger partial charge on any atom is 0.240 e. The zero-order chi connectivity index (χ0) is 22.1. The Hall–Kier alpha value is -2.50. The number of nitrogens with one attached hydrogen (secondary N) is 1. The first-order chi connectivity index (χ1) is 14.1. The third-order valence-corrected chi connectivity index (χ3v) is 6.36. The fraction of sp³-hybridized carbons (Fsp3) is 0.444. The number of methoxy groups -OCH3 is 1. The number of hydrogen-bond acceptors (Lipinski definition) is 8. The van der Waals surface area contributed by atoms with E-state index in [1.807, 2.05) is 20.8 Å². The summed E-state index contributed by atoms with van der Waals surface area (Å²) < 4.78 is 41.3. The van der Waals surface area contributed by atoms with Gasteiger partial charge in [0, 0.05) is 25.5 Å². The summed E-state index contributed by atoms with van der Waals surface area (Å²) in [4.78, 5) is 8.15. The van der Waals surface area contributed by atoms with E-state index in [1.54, 1.807) is 16.7 Å². The number of anilines is 1. The van der Waals surface area contributed by atoms with E-state index in [1.165, 1.54) is 26.4 Å². The van der Waals surface area contributed by atoms with Crippen molar-refractivity contribution >= 4 is 27.6 Å². The molecule has 0 aliphatic rings. The highest BCUT2D eigenvalue weighted by Gasteiger charge is 2.34. The summed E-state index contributed by atoms with van der Waals surface area (Å²) in [7, 11) is -2.55. The highest BCUT2D eigenvalue weighted by Crippen LogP contribution is 2.29. The molecule has 30 heavy (non-hydrogen) atoms. The first kappa shape index (κ1) is 22.2. The minimum atomic E-state index is -3.94. The van der Waals surface area contributed by atoms with Gasteiger partial charge in [-0.25, -0.2) is 18.4 Å². The molecular weight excluding hydrogens is 432 g/mol. The van der Waals surface area contributed by atoms with Gasteiger partial charge in [0.05, 0.1) is 5.02 Å². The van der Waals surface area contributed by atoms with Crippen LogP contribution < -0.4 is 4.72 Å². The molecule has 3 heterocycles. The molecule has 3 aromatic rings. The van der Waals surface area contributed by atoms with E-state index in [2.05, 4.69) is 24.9 Å². The molecule has 10 nitrogen and oxygen atoms in total. The molecule has 3 aromatic heterocycles.